The summed E-state index contributed by atoms with van der Waals surface area (Å²) in [6.45, 7) is 4.55. The maximum Gasteiger partial charge on any atom is 0.271 e. The molecule has 0 saturated carbocycles. The van der Waals surface area contributed by atoms with Gasteiger partial charge in [0.1, 0.15) is 4.21 Å². The lowest BCUT2D eigenvalue weighted by Gasteiger charge is -2.16. The first-order valence-electron chi connectivity index (χ1n) is 6.42. The van der Waals surface area contributed by atoms with Crippen molar-refractivity contribution >= 4 is 49.5 Å². The first-order chi connectivity index (χ1) is 9.81. The highest BCUT2D eigenvalue weighted by Gasteiger charge is 2.30. The Balaban J connectivity index is 0.00000242. The topological polar surface area (TPSA) is 104 Å². The van der Waals surface area contributed by atoms with Crippen LogP contribution in [0.3, 0.4) is 0 Å². The molecule has 0 aromatic carbocycles. The smallest absolute Gasteiger partial charge is 0.271 e. The molecule has 3 N–H and O–H groups in total. The first-order valence-corrected chi connectivity index (χ1v) is 10.2. The van der Waals surface area contributed by atoms with Gasteiger partial charge in [-0.25, -0.2) is 21.6 Å². The largest absolute Gasteiger partial charge is 0.383 e. The molecule has 1 aromatic rings. The summed E-state index contributed by atoms with van der Waals surface area (Å²) >= 11 is 0.745. The van der Waals surface area contributed by atoms with Crippen LogP contribution in [0, 0.1) is 0 Å². The minimum absolute atomic E-state index is 0. The van der Waals surface area contributed by atoms with E-state index in [1.807, 2.05) is 6.92 Å². The predicted molar refractivity (Wildman–Crippen MR) is 89.0 cm³/mol. The van der Waals surface area contributed by atoms with Gasteiger partial charge in [-0.05, 0) is 12.5 Å². The van der Waals surface area contributed by atoms with E-state index in [4.69, 9.17) is 0 Å². The van der Waals surface area contributed by atoms with Gasteiger partial charge in [0.25, 0.3) is 10.0 Å². The van der Waals surface area contributed by atoms with Gasteiger partial charge >= 0.3 is 0 Å². The molecule has 0 fully saturated rings. The fourth-order valence-electron chi connectivity index (χ4n) is 1.81. The van der Waals surface area contributed by atoms with E-state index in [9.17, 15) is 16.8 Å². The minimum atomic E-state index is -3.69. The molecule has 0 radical (unpaired) electrons. The van der Waals surface area contributed by atoms with Gasteiger partial charge in [-0.15, -0.1) is 23.7 Å². The van der Waals surface area contributed by atoms with Crippen molar-refractivity contribution in [3.8, 4) is 0 Å². The molecule has 0 unspecified atom stereocenters. The third-order valence-corrected chi connectivity index (χ3v) is 7.73. The Hall–Kier alpha value is -0.810. The van der Waals surface area contributed by atoms with Crippen molar-refractivity contribution in [3.63, 3.8) is 0 Å². The maximum absolute atomic E-state index is 12.0. The summed E-state index contributed by atoms with van der Waals surface area (Å²) in [6.07, 6.45) is 2.22. The molecule has 2 rings (SSSR count). The van der Waals surface area contributed by atoms with E-state index >= 15 is 0 Å². The molecular weight excluding hydrogens is 370 g/mol. The molecule has 22 heavy (non-hydrogen) atoms. The van der Waals surface area contributed by atoms with Gasteiger partial charge in [-0.2, -0.15) is 0 Å². The monoisotopic (exact) mass is 387 g/mol. The van der Waals surface area contributed by atoms with E-state index in [1.165, 1.54) is 12.3 Å². The third-order valence-electron chi connectivity index (χ3n) is 2.73. The Bertz CT molecular complexity index is 769. The van der Waals surface area contributed by atoms with Gasteiger partial charge in [0.15, 0.2) is 4.21 Å². The zero-order valence-corrected chi connectivity index (χ0v) is 15.3. The lowest BCUT2D eigenvalue weighted by Crippen LogP contribution is -2.26. The van der Waals surface area contributed by atoms with Gasteiger partial charge in [0.05, 0.1) is 5.70 Å². The summed E-state index contributed by atoms with van der Waals surface area (Å²) in [7, 11) is -7.37. The minimum Gasteiger partial charge on any atom is -0.383 e. The van der Waals surface area contributed by atoms with Gasteiger partial charge in [0, 0.05) is 24.9 Å². The number of hydrogen-bond donors (Lipinski definition) is 3. The van der Waals surface area contributed by atoms with Gasteiger partial charge < -0.3 is 5.32 Å². The predicted octanol–water partition coefficient (Wildman–Crippen LogP) is 1.06. The quantitative estimate of drug-likeness (QED) is 0.677. The van der Waals surface area contributed by atoms with Crippen LogP contribution in [0.25, 0.3) is 5.70 Å². The van der Waals surface area contributed by atoms with E-state index in [2.05, 4.69) is 14.8 Å². The van der Waals surface area contributed by atoms with Crippen LogP contribution in [0.15, 0.2) is 20.7 Å². The Morgan fingerprint density at radius 2 is 2.00 bits per heavy atom. The lowest BCUT2D eigenvalue weighted by molar-refractivity contribution is 0.585. The summed E-state index contributed by atoms with van der Waals surface area (Å²) in [5.41, 5.74) is 0.972. The van der Waals surface area contributed by atoms with Crippen LogP contribution in [0.2, 0.25) is 0 Å². The Kier molecular flexibility index (Phi) is 6.27. The number of hydrogen-bond acceptors (Lipinski definition) is 6. The molecule has 0 amide bonds. The average Bonchev–Trinajstić information content (AvgIpc) is 2.85. The van der Waals surface area contributed by atoms with Crippen LogP contribution < -0.4 is 14.8 Å². The zero-order chi connectivity index (χ0) is 15.7. The van der Waals surface area contributed by atoms with Gasteiger partial charge in [0.2, 0.25) is 10.0 Å². The van der Waals surface area contributed by atoms with E-state index < -0.39 is 20.0 Å². The molecule has 126 valence electrons. The number of nitrogens with one attached hydrogen (secondary N) is 3. The van der Waals surface area contributed by atoms with Crippen molar-refractivity contribution in [3.05, 3.63) is 17.8 Å². The van der Waals surface area contributed by atoms with Crippen molar-refractivity contribution in [1.82, 2.24) is 14.8 Å². The van der Waals surface area contributed by atoms with Crippen molar-refractivity contribution in [2.75, 3.05) is 13.1 Å². The van der Waals surface area contributed by atoms with Crippen molar-refractivity contribution in [1.29, 1.82) is 0 Å². The SMILES string of the molecule is CCCNC1=CNS(=O)(=O)c2sc(S(=O)(=O)NCC)cc21.Cl. The van der Waals surface area contributed by atoms with Gasteiger partial charge in [-0.1, -0.05) is 13.8 Å². The normalized spacial score (nSPS) is 16.0. The van der Waals surface area contributed by atoms with E-state index in [1.54, 1.807) is 6.92 Å². The second kappa shape index (κ2) is 7.18. The summed E-state index contributed by atoms with van der Waals surface area (Å²) in [5.74, 6) is 0. The van der Waals surface area contributed by atoms with Crippen LogP contribution in [0.4, 0.5) is 0 Å². The Labute approximate surface area is 140 Å². The average molecular weight is 388 g/mol. The molecule has 1 aromatic heterocycles. The summed E-state index contributed by atoms with van der Waals surface area (Å²) < 4.78 is 52.7. The Morgan fingerprint density at radius 3 is 2.59 bits per heavy atom. The van der Waals surface area contributed by atoms with E-state index in [0.29, 0.717) is 17.8 Å². The van der Waals surface area contributed by atoms with Crippen LogP contribution in [0.5, 0.6) is 0 Å². The molecule has 0 spiro atoms. The highest BCUT2D eigenvalue weighted by molar-refractivity contribution is 7.94. The number of halogens is 1. The Morgan fingerprint density at radius 1 is 1.32 bits per heavy atom. The van der Waals surface area contributed by atoms with E-state index in [0.717, 1.165) is 17.8 Å². The van der Waals surface area contributed by atoms with Crippen LogP contribution >= 0.6 is 23.7 Å². The molecular formula is C11H18ClN3O4S3. The van der Waals surface area contributed by atoms with Crippen molar-refractivity contribution in [2.45, 2.75) is 28.7 Å². The highest BCUT2D eigenvalue weighted by atomic mass is 35.5. The number of rotatable bonds is 6. The molecule has 0 saturated heterocycles. The molecule has 2 heterocycles. The van der Waals surface area contributed by atoms with Crippen LogP contribution in [-0.4, -0.2) is 29.9 Å². The molecule has 0 atom stereocenters. The van der Waals surface area contributed by atoms with Crippen LogP contribution in [-0.2, 0) is 20.0 Å². The number of fused-ring (bicyclic) bond motifs is 1. The zero-order valence-electron chi connectivity index (χ0n) is 12.0. The maximum atomic E-state index is 12.0. The second-order valence-corrected chi connectivity index (χ2v) is 9.33. The fourth-order valence-corrected chi connectivity index (χ4v) is 5.96. The molecule has 0 bridgehead atoms. The van der Waals surface area contributed by atoms with Gasteiger partial charge in [-0.3, -0.25) is 4.72 Å². The summed E-state index contributed by atoms with van der Waals surface area (Å²) in [4.78, 5) is 0. The molecule has 1 aliphatic rings. The highest BCUT2D eigenvalue weighted by Crippen LogP contribution is 2.35. The van der Waals surface area contributed by atoms with Crippen LogP contribution in [0.1, 0.15) is 25.8 Å². The summed E-state index contributed by atoms with van der Waals surface area (Å²) in [5, 5.41) is 3.09. The molecule has 1 aliphatic heterocycles. The lowest BCUT2D eigenvalue weighted by atomic mass is 10.2. The fraction of sp³-hybridized carbons (Fsp3) is 0.455. The van der Waals surface area contributed by atoms with Crippen molar-refractivity contribution < 1.29 is 16.8 Å². The van der Waals surface area contributed by atoms with E-state index in [-0.39, 0.29) is 27.4 Å². The second-order valence-electron chi connectivity index (χ2n) is 4.37. The molecule has 7 nitrogen and oxygen atoms in total. The third kappa shape index (κ3) is 3.74. The summed E-state index contributed by atoms with van der Waals surface area (Å²) in [6, 6.07) is 1.39. The number of sulfonamides is 2. The standard InChI is InChI=1S/C11H17N3O4S3.ClH/c1-3-5-12-9-7-14-21(17,18)11-8(9)6-10(19-11)20(15,16)13-4-2;/h6-7,12-14H,3-5H2,1-2H3;1H. The van der Waals surface area contributed by atoms with Crippen molar-refractivity contribution in [2.24, 2.45) is 0 Å². The number of thiophene rings is 1. The first kappa shape index (κ1) is 19.2. The molecule has 0 aliphatic carbocycles. The molecule has 11 heteroatoms.